The van der Waals surface area contributed by atoms with E-state index in [2.05, 4.69) is 67.0 Å². The minimum atomic E-state index is -4.28. The van der Waals surface area contributed by atoms with Crippen molar-refractivity contribution in [3.8, 4) is 0 Å². The van der Waals surface area contributed by atoms with Crippen LogP contribution in [0.4, 0.5) is 0 Å². The molecule has 0 aliphatic heterocycles. The van der Waals surface area contributed by atoms with Gasteiger partial charge in [-0.2, -0.15) is 0 Å². The van der Waals surface area contributed by atoms with Crippen LogP contribution in [0.2, 0.25) is 0 Å². The summed E-state index contributed by atoms with van der Waals surface area (Å²) in [6, 6.07) is 0. The van der Waals surface area contributed by atoms with Crippen molar-refractivity contribution in [3.63, 3.8) is 0 Å². The zero-order chi connectivity index (χ0) is 36.8. The number of allylic oxidation sites excluding steroid dienone is 10. The van der Waals surface area contributed by atoms with Crippen molar-refractivity contribution in [2.75, 3.05) is 20.3 Å². The number of ether oxygens (including phenoxy) is 2. The van der Waals surface area contributed by atoms with Gasteiger partial charge in [-0.05, 0) is 64.2 Å². The summed E-state index contributed by atoms with van der Waals surface area (Å²) in [5, 5.41) is 0. The lowest BCUT2D eigenvalue weighted by Crippen LogP contribution is -2.29. The van der Waals surface area contributed by atoms with Crippen molar-refractivity contribution >= 4 is 19.8 Å². The number of phosphoric acid groups is 1. The van der Waals surface area contributed by atoms with Crippen LogP contribution in [-0.4, -0.2) is 43.3 Å². The summed E-state index contributed by atoms with van der Waals surface area (Å²) in [6.45, 7) is 3.69. The van der Waals surface area contributed by atoms with E-state index in [1.807, 2.05) is 12.2 Å². The van der Waals surface area contributed by atoms with Gasteiger partial charge in [0.15, 0.2) is 6.10 Å². The Morgan fingerprint density at radius 2 is 1.06 bits per heavy atom. The largest absolute Gasteiger partial charge is 0.472 e. The second-order valence-electron chi connectivity index (χ2n) is 12.7. The summed E-state index contributed by atoms with van der Waals surface area (Å²) in [6.07, 6.45) is 44.4. The number of unbranched alkanes of at least 4 members (excludes halogenated alkanes) is 14. The quantitative estimate of drug-likeness (QED) is 0.0298. The Morgan fingerprint density at radius 1 is 0.580 bits per heavy atom. The lowest BCUT2D eigenvalue weighted by atomic mass is 10.1. The van der Waals surface area contributed by atoms with Gasteiger partial charge in [0.2, 0.25) is 0 Å². The summed E-state index contributed by atoms with van der Waals surface area (Å²) in [5.74, 6) is -0.908. The maximum Gasteiger partial charge on any atom is 0.472 e. The van der Waals surface area contributed by atoms with E-state index in [0.29, 0.717) is 6.42 Å². The van der Waals surface area contributed by atoms with Crippen LogP contribution in [-0.2, 0) is 32.7 Å². The lowest BCUT2D eigenvalue weighted by Gasteiger charge is -2.19. The number of esters is 2. The fourth-order valence-corrected chi connectivity index (χ4v) is 5.48. The normalized spacial score (nSPS) is 14.1. The lowest BCUT2D eigenvalue weighted by molar-refractivity contribution is -0.161. The van der Waals surface area contributed by atoms with Crippen LogP contribution in [0.3, 0.4) is 0 Å². The first-order valence-corrected chi connectivity index (χ1v) is 21.0. The molecule has 2 unspecified atom stereocenters. The molecule has 0 radical (unpaired) electrons. The van der Waals surface area contributed by atoms with Crippen LogP contribution < -0.4 is 0 Å². The van der Waals surface area contributed by atoms with Crippen LogP contribution in [0.5, 0.6) is 0 Å². The van der Waals surface area contributed by atoms with E-state index in [4.69, 9.17) is 14.0 Å². The predicted octanol–water partition coefficient (Wildman–Crippen LogP) is 12.0. The molecule has 288 valence electrons. The molecule has 0 aliphatic carbocycles. The predicted molar refractivity (Wildman–Crippen MR) is 207 cm³/mol. The van der Waals surface area contributed by atoms with E-state index in [0.717, 1.165) is 64.9 Å². The summed E-state index contributed by atoms with van der Waals surface area (Å²) >= 11 is 0. The summed E-state index contributed by atoms with van der Waals surface area (Å²) in [5.41, 5.74) is 0. The molecule has 0 bridgehead atoms. The molecular formula is C41H71O8P. The Kier molecular flexibility index (Phi) is 34.9. The number of hydrogen-bond donors (Lipinski definition) is 1. The number of phosphoric ester groups is 1. The van der Waals surface area contributed by atoms with Gasteiger partial charge in [-0.1, -0.05) is 145 Å². The molecule has 2 atom stereocenters. The standard InChI is InChI=1S/C41H71O8P/c1-4-6-8-10-12-14-16-18-19-20-21-22-24-25-27-29-31-33-35-40(42)47-37-39(38-48-50(44,45)46-3)49-41(43)36-34-32-30-28-26-23-17-15-13-11-9-7-5-2/h7,9,13,15,19-20,23,26,30,32,39H,4-6,8,10-12,14,16-18,21-22,24-25,27-29,31,33-38H2,1-3H3,(H,44,45)/b9-7-,15-13-,20-19-,26-23-,32-30-. The highest BCUT2D eigenvalue weighted by atomic mass is 31.2. The zero-order valence-corrected chi connectivity index (χ0v) is 32.7. The number of carbonyl (C=O) groups is 2. The molecular weight excluding hydrogens is 651 g/mol. The van der Waals surface area contributed by atoms with E-state index in [9.17, 15) is 19.0 Å². The first kappa shape index (κ1) is 47.8. The molecule has 0 aromatic carbocycles. The third kappa shape index (κ3) is 35.6. The number of hydrogen-bond acceptors (Lipinski definition) is 7. The smallest absolute Gasteiger partial charge is 0.462 e. The molecule has 0 fully saturated rings. The Labute approximate surface area is 305 Å². The van der Waals surface area contributed by atoms with Crippen LogP contribution >= 0.6 is 7.82 Å². The van der Waals surface area contributed by atoms with Crippen LogP contribution in [0.1, 0.15) is 162 Å². The number of carbonyl (C=O) groups excluding carboxylic acids is 2. The Hall–Kier alpha value is -2.25. The highest BCUT2D eigenvalue weighted by Crippen LogP contribution is 2.42. The van der Waals surface area contributed by atoms with Crippen molar-refractivity contribution in [3.05, 3.63) is 60.8 Å². The third-order valence-corrected chi connectivity index (χ3v) is 8.95. The molecule has 8 nitrogen and oxygen atoms in total. The molecule has 0 amide bonds. The molecule has 50 heavy (non-hydrogen) atoms. The second-order valence-corrected chi connectivity index (χ2v) is 14.2. The molecule has 0 heterocycles. The van der Waals surface area contributed by atoms with Gasteiger partial charge in [0.05, 0.1) is 6.61 Å². The van der Waals surface area contributed by atoms with Crippen molar-refractivity contribution in [2.45, 2.75) is 168 Å². The Balaban J connectivity index is 4.12. The van der Waals surface area contributed by atoms with Crippen LogP contribution in [0.25, 0.3) is 0 Å². The highest BCUT2D eigenvalue weighted by molar-refractivity contribution is 7.47. The first-order chi connectivity index (χ1) is 24.3. The third-order valence-electron chi connectivity index (χ3n) is 8.01. The van der Waals surface area contributed by atoms with E-state index in [-0.39, 0.29) is 19.4 Å². The van der Waals surface area contributed by atoms with E-state index in [1.165, 1.54) is 70.6 Å². The molecule has 9 heteroatoms. The van der Waals surface area contributed by atoms with Gasteiger partial charge in [0, 0.05) is 20.0 Å². The van der Waals surface area contributed by atoms with E-state index < -0.39 is 32.5 Å². The second kappa shape index (κ2) is 36.5. The van der Waals surface area contributed by atoms with E-state index in [1.54, 1.807) is 0 Å². The molecule has 0 aromatic heterocycles. The van der Waals surface area contributed by atoms with Crippen LogP contribution in [0.15, 0.2) is 60.8 Å². The fraction of sp³-hybridized carbons (Fsp3) is 0.707. The van der Waals surface area contributed by atoms with Gasteiger partial charge in [0.1, 0.15) is 6.61 Å². The van der Waals surface area contributed by atoms with Crippen molar-refractivity contribution < 1.29 is 37.6 Å². The SMILES string of the molecule is CC/C=C\C/C=C\C/C=C\C/C=C\CCC(=O)OC(COC(=O)CCCCCCCCC/C=C\CCCCCCCCC)COP(=O)(O)OC. The molecule has 0 saturated heterocycles. The van der Waals surface area contributed by atoms with Crippen molar-refractivity contribution in [1.82, 2.24) is 0 Å². The van der Waals surface area contributed by atoms with Crippen molar-refractivity contribution in [2.24, 2.45) is 0 Å². The van der Waals surface area contributed by atoms with Gasteiger partial charge < -0.3 is 14.4 Å². The summed E-state index contributed by atoms with van der Waals surface area (Å²) in [7, 11) is -3.23. The monoisotopic (exact) mass is 722 g/mol. The maximum atomic E-state index is 12.4. The average Bonchev–Trinajstić information content (AvgIpc) is 3.10. The average molecular weight is 723 g/mol. The Bertz CT molecular complexity index is 1000. The minimum absolute atomic E-state index is 0.121. The molecule has 0 aliphatic rings. The number of rotatable bonds is 35. The Morgan fingerprint density at radius 3 is 1.60 bits per heavy atom. The summed E-state index contributed by atoms with van der Waals surface area (Å²) in [4.78, 5) is 34.3. The first-order valence-electron chi connectivity index (χ1n) is 19.5. The van der Waals surface area contributed by atoms with Crippen molar-refractivity contribution in [1.29, 1.82) is 0 Å². The molecule has 0 spiro atoms. The molecule has 0 aromatic rings. The van der Waals surface area contributed by atoms with E-state index >= 15 is 0 Å². The maximum absolute atomic E-state index is 12.4. The van der Waals surface area contributed by atoms with Crippen LogP contribution in [0, 0.1) is 0 Å². The van der Waals surface area contributed by atoms with Gasteiger partial charge >= 0.3 is 19.8 Å². The topological polar surface area (TPSA) is 108 Å². The molecule has 0 rings (SSSR count). The molecule has 0 saturated carbocycles. The highest BCUT2D eigenvalue weighted by Gasteiger charge is 2.24. The molecule has 1 N–H and O–H groups in total. The van der Waals surface area contributed by atoms with Gasteiger partial charge in [0.25, 0.3) is 0 Å². The minimum Gasteiger partial charge on any atom is -0.462 e. The van der Waals surface area contributed by atoms with Gasteiger partial charge in [-0.15, -0.1) is 0 Å². The zero-order valence-electron chi connectivity index (χ0n) is 31.8. The fourth-order valence-electron chi connectivity index (χ4n) is 5.02. The van der Waals surface area contributed by atoms with Gasteiger partial charge in [-0.25, -0.2) is 4.57 Å². The van der Waals surface area contributed by atoms with Gasteiger partial charge in [-0.3, -0.25) is 18.6 Å². The summed E-state index contributed by atoms with van der Waals surface area (Å²) < 4.78 is 31.8.